The number of carbonyl (C=O) groups excluding carboxylic acids is 1. The Balaban J connectivity index is 1.69. The topological polar surface area (TPSA) is 66.0 Å². The maximum Gasteiger partial charge on any atom is 0.262 e. The van der Waals surface area contributed by atoms with Gasteiger partial charge in [-0.05, 0) is 36.8 Å². The van der Waals surface area contributed by atoms with E-state index < -0.39 is 5.91 Å². The van der Waals surface area contributed by atoms with E-state index in [2.05, 4.69) is 5.32 Å². The molecule has 0 aliphatic rings. The van der Waals surface area contributed by atoms with Gasteiger partial charge in [-0.3, -0.25) is 4.79 Å². The lowest BCUT2D eigenvalue weighted by atomic mass is 10.1. The van der Waals surface area contributed by atoms with Crippen LogP contribution in [-0.4, -0.2) is 5.91 Å². The highest BCUT2D eigenvalue weighted by Gasteiger charge is 2.14. The van der Waals surface area contributed by atoms with E-state index in [0.717, 1.165) is 10.5 Å². The molecule has 0 aliphatic carbocycles. The smallest absolute Gasteiger partial charge is 0.262 e. The van der Waals surface area contributed by atoms with Crippen LogP contribution in [0.4, 0.5) is 0 Å². The highest BCUT2D eigenvalue weighted by atomic mass is 32.2. The summed E-state index contributed by atoms with van der Waals surface area (Å²) in [5, 5.41) is 12.9. The molecule has 0 saturated heterocycles. The Labute approximate surface area is 162 Å². The van der Waals surface area contributed by atoms with Crippen LogP contribution in [0.5, 0.6) is 0 Å². The number of benzene rings is 2. The summed E-state index contributed by atoms with van der Waals surface area (Å²) in [6.07, 6.45) is 1.46. The molecular weight excluding hydrogens is 356 g/mol. The van der Waals surface area contributed by atoms with Gasteiger partial charge in [0.05, 0.1) is 6.04 Å². The first kappa shape index (κ1) is 18.6. The summed E-state index contributed by atoms with van der Waals surface area (Å²) < 4.78 is 5.72. The minimum Gasteiger partial charge on any atom is -0.450 e. The second-order valence-corrected chi connectivity index (χ2v) is 6.93. The summed E-state index contributed by atoms with van der Waals surface area (Å²) >= 11 is 1.48. The van der Waals surface area contributed by atoms with E-state index in [1.54, 1.807) is 6.07 Å². The summed E-state index contributed by atoms with van der Waals surface area (Å²) in [5.41, 5.74) is 0.978. The van der Waals surface area contributed by atoms with Gasteiger partial charge in [0.1, 0.15) is 17.4 Å². The highest BCUT2D eigenvalue weighted by molar-refractivity contribution is 7.99. The summed E-state index contributed by atoms with van der Waals surface area (Å²) in [4.78, 5) is 13.5. The van der Waals surface area contributed by atoms with Crippen LogP contribution in [0, 0.1) is 11.3 Å². The van der Waals surface area contributed by atoms with Crippen molar-refractivity contribution < 1.29 is 9.21 Å². The highest BCUT2D eigenvalue weighted by Crippen LogP contribution is 2.29. The molecule has 3 aromatic rings. The molecule has 0 radical (unpaired) electrons. The molecule has 1 atom stereocenters. The lowest BCUT2D eigenvalue weighted by molar-refractivity contribution is -0.117. The van der Waals surface area contributed by atoms with Crippen LogP contribution >= 0.6 is 11.8 Å². The molecule has 0 saturated carbocycles. The first-order chi connectivity index (χ1) is 13.2. The van der Waals surface area contributed by atoms with Crippen LogP contribution in [-0.2, 0) is 4.79 Å². The molecule has 0 spiro atoms. The van der Waals surface area contributed by atoms with Crippen molar-refractivity contribution in [2.45, 2.75) is 23.0 Å². The molecule has 0 aliphatic heterocycles. The van der Waals surface area contributed by atoms with E-state index >= 15 is 0 Å². The molecule has 1 heterocycles. The number of furan rings is 1. The summed E-state index contributed by atoms with van der Waals surface area (Å²) in [6.45, 7) is 1.88. The number of nitrogens with zero attached hydrogens (tertiary/aromatic N) is 1. The van der Waals surface area contributed by atoms with Crippen LogP contribution < -0.4 is 5.32 Å². The zero-order valence-electron chi connectivity index (χ0n) is 14.8. The standard InChI is InChI=1S/C22H18N2O2S/c1-16(17-8-4-2-5-9-17)24-22(25)18(15-23)14-19-12-13-21(26-19)27-20-10-6-3-7-11-20/h2-14,16H,1H3,(H,24,25)/b18-14-/t16-/m0/s1. The molecule has 1 amide bonds. The van der Waals surface area contributed by atoms with E-state index in [9.17, 15) is 10.1 Å². The number of rotatable bonds is 6. The van der Waals surface area contributed by atoms with Gasteiger partial charge in [-0.2, -0.15) is 5.26 Å². The van der Waals surface area contributed by atoms with E-state index in [0.29, 0.717) is 10.9 Å². The lowest BCUT2D eigenvalue weighted by Crippen LogP contribution is -2.27. The van der Waals surface area contributed by atoms with Crippen molar-refractivity contribution >= 4 is 23.7 Å². The second kappa shape index (κ2) is 8.93. The van der Waals surface area contributed by atoms with E-state index in [1.165, 1.54) is 17.8 Å². The van der Waals surface area contributed by atoms with Crippen molar-refractivity contribution in [3.63, 3.8) is 0 Å². The largest absolute Gasteiger partial charge is 0.450 e. The monoisotopic (exact) mass is 374 g/mol. The Hall–Kier alpha value is -3.23. The normalized spacial score (nSPS) is 12.2. The van der Waals surface area contributed by atoms with Crippen molar-refractivity contribution in [1.82, 2.24) is 5.32 Å². The average Bonchev–Trinajstić information content (AvgIpc) is 3.14. The van der Waals surface area contributed by atoms with Crippen LogP contribution in [0.3, 0.4) is 0 Å². The number of hydrogen-bond acceptors (Lipinski definition) is 4. The van der Waals surface area contributed by atoms with Gasteiger partial charge in [-0.25, -0.2) is 0 Å². The van der Waals surface area contributed by atoms with Crippen LogP contribution in [0.1, 0.15) is 24.3 Å². The Morgan fingerprint density at radius 2 is 1.74 bits per heavy atom. The second-order valence-electron chi connectivity index (χ2n) is 5.85. The molecule has 27 heavy (non-hydrogen) atoms. The zero-order valence-corrected chi connectivity index (χ0v) is 15.6. The van der Waals surface area contributed by atoms with Crippen LogP contribution in [0.25, 0.3) is 6.08 Å². The molecule has 5 heteroatoms. The van der Waals surface area contributed by atoms with Gasteiger partial charge in [0.15, 0.2) is 5.09 Å². The third kappa shape index (κ3) is 5.13. The Bertz CT molecular complexity index is 972. The lowest BCUT2D eigenvalue weighted by Gasteiger charge is -2.13. The number of nitriles is 1. The maximum atomic E-state index is 12.4. The molecule has 3 rings (SSSR count). The molecule has 0 bridgehead atoms. The third-order valence-corrected chi connectivity index (χ3v) is 4.79. The molecule has 134 valence electrons. The SMILES string of the molecule is C[C@H](NC(=O)/C(C#N)=C\c1ccc(Sc2ccccc2)o1)c1ccccc1. The summed E-state index contributed by atoms with van der Waals surface area (Å²) in [6, 6.07) is 24.8. The predicted octanol–water partition coefficient (Wildman–Crippen LogP) is 5.22. The summed E-state index contributed by atoms with van der Waals surface area (Å²) in [5.74, 6) is 0.0370. The Morgan fingerprint density at radius 3 is 2.41 bits per heavy atom. The Morgan fingerprint density at radius 1 is 1.07 bits per heavy atom. The Kier molecular flexibility index (Phi) is 6.14. The van der Waals surface area contributed by atoms with Gasteiger partial charge in [0.25, 0.3) is 5.91 Å². The fourth-order valence-corrected chi connectivity index (χ4v) is 3.26. The first-order valence-electron chi connectivity index (χ1n) is 8.46. The van der Waals surface area contributed by atoms with Gasteiger partial charge in [-0.15, -0.1) is 0 Å². The fraction of sp³-hybridized carbons (Fsp3) is 0.0909. The first-order valence-corrected chi connectivity index (χ1v) is 9.27. The zero-order chi connectivity index (χ0) is 19.1. The third-order valence-electron chi connectivity index (χ3n) is 3.86. The number of hydrogen-bond donors (Lipinski definition) is 1. The summed E-state index contributed by atoms with van der Waals surface area (Å²) in [7, 11) is 0. The van der Waals surface area contributed by atoms with Crippen molar-refractivity contribution in [3.05, 3.63) is 89.7 Å². The van der Waals surface area contributed by atoms with Gasteiger partial charge in [0, 0.05) is 11.0 Å². The number of amides is 1. The molecular formula is C22H18N2O2S. The van der Waals surface area contributed by atoms with Gasteiger partial charge in [0.2, 0.25) is 0 Å². The van der Waals surface area contributed by atoms with Gasteiger partial charge >= 0.3 is 0 Å². The molecule has 0 fully saturated rings. The molecule has 1 aromatic heterocycles. The number of carbonyl (C=O) groups is 1. The van der Waals surface area contributed by atoms with Crippen molar-refractivity contribution in [3.8, 4) is 6.07 Å². The van der Waals surface area contributed by atoms with E-state index in [-0.39, 0.29) is 11.6 Å². The maximum absolute atomic E-state index is 12.4. The van der Waals surface area contributed by atoms with E-state index in [1.807, 2.05) is 79.7 Å². The molecule has 0 unspecified atom stereocenters. The predicted molar refractivity (Wildman–Crippen MR) is 106 cm³/mol. The van der Waals surface area contributed by atoms with E-state index in [4.69, 9.17) is 4.42 Å². The van der Waals surface area contributed by atoms with Crippen molar-refractivity contribution in [1.29, 1.82) is 5.26 Å². The molecule has 2 aromatic carbocycles. The molecule has 4 nitrogen and oxygen atoms in total. The van der Waals surface area contributed by atoms with Crippen LogP contribution in [0.15, 0.2) is 92.8 Å². The van der Waals surface area contributed by atoms with Crippen LogP contribution in [0.2, 0.25) is 0 Å². The number of nitrogens with one attached hydrogen (secondary N) is 1. The average molecular weight is 374 g/mol. The molecule has 1 N–H and O–H groups in total. The van der Waals surface area contributed by atoms with Crippen molar-refractivity contribution in [2.75, 3.05) is 0 Å². The quantitative estimate of drug-likeness (QED) is 0.475. The minimum absolute atomic E-state index is 0.00314. The van der Waals surface area contributed by atoms with Crippen molar-refractivity contribution in [2.24, 2.45) is 0 Å². The van der Waals surface area contributed by atoms with Gasteiger partial charge < -0.3 is 9.73 Å². The minimum atomic E-state index is -0.428. The fourth-order valence-electron chi connectivity index (χ4n) is 2.46. The van der Waals surface area contributed by atoms with Gasteiger partial charge in [-0.1, -0.05) is 60.3 Å².